The van der Waals surface area contributed by atoms with Crippen LogP contribution in [0.2, 0.25) is 0 Å². The van der Waals surface area contributed by atoms with Gasteiger partial charge in [-0.3, -0.25) is 9.59 Å². The van der Waals surface area contributed by atoms with Crippen molar-refractivity contribution in [2.75, 3.05) is 6.54 Å². The highest BCUT2D eigenvalue weighted by molar-refractivity contribution is 5.97. The molecule has 1 aromatic rings. The van der Waals surface area contributed by atoms with Crippen molar-refractivity contribution in [3.8, 4) is 6.07 Å². The van der Waals surface area contributed by atoms with Crippen molar-refractivity contribution < 1.29 is 9.59 Å². The molecule has 5 heteroatoms. The molecule has 0 fully saturated rings. The maximum Gasteiger partial charge on any atom is 0.251 e. The average Bonchev–Trinajstić information content (AvgIpc) is 2.44. The van der Waals surface area contributed by atoms with Gasteiger partial charge < -0.3 is 10.6 Å². The molecule has 0 spiro atoms. The number of nitrogens with zero attached hydrogens (tertiary/aromatic N) is 1. The van der Waals surface area contributed by atoms with E-state index in [-0.39, 0.29) is 11.8 Å². The maximum atomic E-state index is 11.9. The van der Waals surface area contributed by atoms with Crippen molar-refractivity contribution in [2.45, 2.75) is 26.3 Å². The number of rotatable bonds is 5. The highest BCUT2D eigenvalue weighted by Crippen LogP contribution is 2.03. The summed E-state index contributed by atoms with van der Waals surface area (Å²) < 4.78 is 0. The van der Waals surface area contributed by atoms with Gasteiger partial charge in [-0.25, -0.2) is 0 Å². The zero-order valence-corrected chi connectivity index (χ0v) is 11.1. The predicted octanol–water partition coefficient (Wildman–Crippen LogP) is 1.20. The molecule has 19 heavy (non-hydrogen) atoms. The standard InChI is InChI=1S/C14H17N3O2/c1-3-8-16-13(18)10(2)17-14(19)12-6-4-11(9-15)5-7-12/h4-7,10H,3,8H2,1-2H3,(H,16,18)(H,17,19)/t10-/m1/s1. The van der Waals surface area contributed by atoms with E-state index in [9.17, 15) is 9.59 Å². The summed E-state index contributed by atoms with van der Waals surface area (Å²) in [6, 6.07) is 7.64. The van der Waals surface area contributed by atoms with E-state index < -0.39 is 6.04 Å². The van der Waals surface area contributed by atoms with Gasteiger partial charge in [-0.1, -0.05) is 6.92 Å². The molecule has 100 valence electrons. The van der Waals surface area contributed by atoms with E-state index in [1.807, 2.05) is 13.0 Å². The minimum Gasteiger partial charge on any atom is -0.354 e. The number of hydrogen-bond acceptors (Lipinski definition) is 3. The van der Waals surface area contributed by atoms with Crippen LogP contribution in [-0.4, -0.2) is 24.4 Å². The van der Waals surface area contributed by atoms with Crippen molar-refractivity contribution in [1.29, 1.82) is 5.26 Å². The van der Waals surface area contributed by atoms with Crippen molar-refractivity contribution in [2.24, 2.45) is 0 Å². The van der Waals surface area contributed by atoms with Gasteiger partial charge in [-0.15, -0.1) is 0 Å². The topological polar surface area (TPSA) is 82.0 Å². The lowest BCUT2D eigenvalue weighted by Crippen LogP contribution is -2.44. The largest absolute Gasteiger partial charge is 0.354 e. The third kappa shape index (κ3) is 4.43. The summed E-state index contributed by atoms with van der Waals surface area (Å²) >= 11 is 0. The van der Waals surface area contributed by atoms with E-state index in [2.05, 4.69) is 10.6 Å². The lowest BCUT2D eigenvalue weighted by atomic mass is 10.1. The summed E-state index contributed by atoms with van der Waals surface area (Å²) in [5.41, 5.74) is 0.916. The van der Waals surface area contributed by atoms with Crippen LogP contribution < -0.4 is 10.6 Å². The summed E-state index contributed by atoms with van der Waals surface area (Å²) in [6.45, 7) is 4.18. The summed E-state index contributed by atoms with van der Waals surface area (Å²) in [5.74, 6) is -0.535. The zero-order chi connectivity index (χ0) is 14.3. The van der Waals surface area contributed by atoms with Gasteiger partial charge in [-0.2, -0.15) is 5.26 Å². The van der Waals surface area contributed by atoms with Crippen LogP contribution in [0.25, 0.3) is 0 Å². The third-order valence-corrected chi connectivity index (χ3v) is 2.57. The summed E-state index contributed by atoms with van der Waals surface area (Å²) in [5, 5.41) is 14.0. The van der Waals surface area contributed by atoms with Crippen LogP contribution in [0.1, 0.15) is 36.2 Å². The van der Waals surface area contributed by atoms with E-state index >= 15 is 0 Å². The Morgan fingerprint density at radius 1 is 1.32 bits per heavy atom. The second-order valence-corrected chi connectivity index (χ2v) is 4.18. The predicted molar refractivity (Wildman–Crippen MR) is 71.4 cm³/mol. The van der Waals surface area contributed by atoms with Crippen LogP contribution in [0.15, 0.2) is 24.3 Å². The Labute approximate surface area is 112 Å². The molecule has 0 bridgehead atoms. The first kappa shape index (κ1) is 14.7. The van der Waals surface area contributed by atoms with E-state index in [1.165, 1.54) is 0 Å². The van der Waals surface area contributed by atoms with Crippen LogP contribution in [0.3, 0.4) is 0 Å². The van der Waals surface area contributed by atoms with E-state index in [4.69, 9.17) is 5.26 Å². The third-order valence-electron chi connectivity index (χ3n) is 2.57. The van der Waals surface area contributed by atoms with Crippen molar-refractivity contribution >= 4 is 11.8 Å². The molecule has 5 nitrogen and oxygen atoms in total. The summed E-state index contributed by atoms with van der Waals surface area (Å²) in [6.07, 6.45) is 0.849. The van der Waals surface area contributed by atoms with Crippen LogP contribution in [-0.2, 0) is 4.79 Å². The van der Waals surface area contributed by atoms with E-state index in [1.54, 1.807) is 31.2 Å². The number of hydrogen-bond donors (Lipinski definition) is 2. The van der Waals surface area contributed by atoms with Gasteiger partial charge in [0.2, 0.25) is 5.91 Å². The molecule has 0 aromatic heterocycles. The minimum absolute atomic E-state index is 0.205. The van der Waals surface area contributed by atoms with Gasteiger partial charge in [0.05, 0.1) is 11.6 Å². The fraction of sp³-hybridized carbons (Fsp3) is 0.357. The van der Waals surface area contributed by atoms with Crippen molar-refractivity contribution in [1.82, 2.24) is 10.6 Å². The van der Waals surface area contributed by atoms with E-state index in [0.29, 0.717) is 17.7 Å². The Bertz CT molecular complexity index is 488. The fourth-order valence-corrected chi connectivity index (χ4v) is 1.44. The van der Waals surface area contributed by atoms with Gasteiger partial charge in [0, 0.05) is 12.1 Å². The highest BCUT2D eigenvalue weighted by Gasteiger charge is 2.15. The Morgan fingerprint density at radius 3 is 2.47 bits per heavy atom. The molecule has 2 N–H and O–H groups in total. The highest BCUT2D eigenvalue weighted by atomic mass is 16.2. The molecular formula is C14H17N3O2. The number of nitriles is 1. The first-order valence-corrected chi connectivity index (χ1v) is 6.17. The Morgan fingerprint density at radius 2 is 1.95 bits per heavy atom. The van der Waals surface area contributed by atoms with E-state index in [0.717, 1.165) is 6.42 Å². The SMILES string of the molecule is CCCNC(=O)[C@@H](C)NC(=O)c1ccc(C#N)cc1. The molecule has 0 radical (unpaired) electrons. The first-order valence-electron chi connectivity index (χ1n) is 6.17. The summed E-state index contributed by atoms with van der Waals surface area (Å²) in [7, 11) is 0. The zero-order valence-electron chi connectivity index (χ0n) is 11.1. The molecule has 1 aromatic carbocycles. The number of amides is 2. The second kappa shape index (κ2) is 7.17. The molecule has 1 rings (SSSR count). The van der Waals surface area contributed by atoms with Crippen molar-refractivity contribution in [3.05, 3.63) is 35.4 Å². The maximum absolute atomic E-state index is 11.9. The molecule has 1 atom stereocenters. The average molecular weight is 259 g/mol. The molecule has 0 aliphatic carbocycles. The molecule has 0 saturated carbocycles. The Balaban J connectivity index is 2.58. The molecule has 0 saturated heterocycles. The molecular weight excluding hydrogens is 242 g/mol. The number of nitrogens with one attached hydrogen (secondary N) is 2. The van der Waals surface area contributed by atoms with Gasteiger partial charge >= 0.3 is 0 Å². The lowest BCUT2D eigenvalue weighted by molar-refractivity contribution is -0.122. The fourth-order valence-electron chi connectivity index (χ4n) is 1.44. The minimum atomic E-state index is -0.588. The van der Waals surface area contributed by atoms with Crippen molar-refractivity contribution in [3.63, 3.8) is 0 Å². The lowest BCUT2D eigenvalue weighted by Gasteiger charge is -2.13. The second-order valence-electron chi connectivity index (χ2n) is 4.18. The van der Waals surface area contributed by atoms with Gasteiger partial charge in [0.1, 0.15) is 6.04 Å². The molecule has 0 aliphatic rings. The molecule has 0 aliphatic heterocycles. The quantitative estimate of drug-likeness (QED) is 0.833. The number of carbonyl (C=O) groups is 2. The summed E-state index contributed by atoms with van der Waals surface area (Å²) in [4.78, 5) is 23.5. The van der Waals surface area contributed by atoms with Gasteiger partial charge in [0.25, 0.3) is 5.91 Å². The van der Waals surface area contributed by atoms with Crippen LogP contribution in [0, 0.1) is 11.3 Å². The van der Waals surface area contributed by atoms with Gasteiger partial charge in [-0.05, 0) is 37.6 Å². The number of benzene rings is 1. The van der Waals surface area contributed by atoms with Gasteiger partial charge in [0.15, 0.2) is 0 Å². The van der Waals surface area contributed by atoms with Crippen LogP contribution >= 0.6 is 0 Å². The monoisotopic (exact) mass is 259 g/mol. The first-order chi connectivity index (χ1) is 9.08. The normalized spacial score (nSPS) is 11.2. The Hall–Kier alpha value is -2.35. The molecule has 0 unspecified atom stereocenters. The van der Waals surface area contributed by atoms with Crippen LogP contribution in [0.4, 0.5) is 0 Å². The molecule has 0 heterocycles. The smallest absolute Gasteiger partial charge is 0.251 e. The molecule has 2 amide bonds. The number of carbonyl (C=O) groups excluding carboxylic acids is 2. The Kier molecular flexibility index (Phi) is 5.55. The van der Waals surface area contributed by atoms with Crippen LogP contribution in [0.5, 0.6) is 0 Å².